The van der Waals surface area contributed by atoms with Gasteiger partial charge in [-0.05, 0) is 38.5 Å². The molecule has 1 amide bonds. The summed E-state index contributed by atoms with van der Waals surface area (Å²) in [5, 5.41) is 16.0. The van der Waals surface area contributed by atoms with Gasteiger partial charge in [0.1, 0.15) is 11.7 Å². The number of hydrogen-bond acceptors (Lipinski definition) is 4. The van der Waals surface area contributed by atoms with Gasteiger partial charge in [-0.25, -0.2) is 9.48 Å². The van der Waals surface area contributed by atoms with Crippen molar-refractivity contribution in [2.45, 2.75) is 26.4 Å². The largest absolute Gasteiger partial charge is 0.478 e. The van der Waals surface area contributed by atoms with E-state index >= 15 is 0 Å². The summed E-state index contributed by atoms with van der Waals surface area (Å²) >= 11 is 0. The smallest absolute Gasteiger partial charge is 0.339 e. The first-order chi connectivity index (χ1) is 11.9. The lowest BCUT2D eigenvalue weighted by Crippen LogP contribution is -2.28. The molecule has 1 heterocycles. The summed E-state index contributed by atoms with van der Waals surface area (Å²) in [6.45, 7) is 7.39. The van der Waals surface area contributed by atoms with Gasteiger partial charge in [-0.15, -0.1) is 6.58 Å². The van der Waals surface area contributed by atoms with Crippen LogP contribution in [0.2, 0.25) is 0 Å². The molecule has 0 saturated carbocycles. The number of anilines is 1. The zero-order chi connectivity index (χ0) is 18.4. The molecule has 132 valence electrons. The fourth-order valence-corrected chi connectivity index (χ4v) is 2.24. The molecule has 1 atom stereocenters. The third-order valence-electron chi connectivity index (χ3n) is 3.66. The Hall–Kier alpha value is -2.93. The van der Waals surface area contributed by atoms with Crippen LogP contribution in [0.15, 0.2) is 43.1 Å². The molecular formula is C18H21N3O4. The van der Waals surface area contributed by atoms with E-state index in [1.807, 2.05) is 0 Å². The number of ether oxygens (including phenoxy) is 1. The number of nitrogens with zero attached hydrogens (tertiary/aromatic N) is 2. The number of aromatic nitrogens is 2. The van der Waals surface area contributed by atoms with E-state index in [-0.39, 0.29) is 11.5 Å². The van der Waals surface area contributed by atoms with Crippen LogP contribution >= 0.6 is 0 Å². The standard InChI is InChI=1S/C18H21N3O4/c1-4-5-9-25-13(3)17(22)20-14-7-6-8-15(10-14)21-12(2)16(11-19-21)18(23)24/h4,6-8,10-11,13H,1,5,9H2,2-3H3,(H,20,22)(H,23,24). The Kier molecular flexibility index (Phi) is 6.08. The first kappa shape index (κ1) is 18.4. The highest BCUT2D eigenvalue weighted by molar-refractivity contribution is 5.94. The first-order valence-electron chi connectivity index (χ1n) is 7.85. The van der Waals surface area contributed by atoms with Gasteiger partial charge in [0.25, 0.3) is 5.91 Å². The van der Waals surface area contributed by atoms with Crippen molar-refractivity contribution < 1.29 is 19.4 Å². The second kappa shape index (κ2) is 8.25. The third kappa shape index (κ3) is 4.54. The normalized spacial score (nSPS) is 11.8. The number of hydrogen-bond donors (Lipinski definition) is 2. The van der Waals surface area contributed by atoms with Crippen molar-refractivity contribution in [3.8, 4) is 5.69 Å². The van der Waals surface area contributed by atoms with Gasteiger partial charge in [0, 0.05) is 5.69 Å². The Balaban J connectivity index is 2.12. The lowest BCUT2D eigenvalue weighted by molar-refractivity contribution is -0.126. The molecule has 0 aliphatic carbocycles. The monoisotopic (exact) mass is 343 g/mol. The number of carboxylic acids is 1. The van der Waals surface area contributed by atoms with Gasteiger partial charge in [0.2, 0.25) is 0 Å². The molecule has 25 heavy (non-hydrogen) atoms. The summed E-state index contributed by atoms with van der Waals surface area (Å²) in [6.07, 6.45) is 3.12. The molecule has 0 radical (unpaired) electrons. The minimum atomic E-state index is -1.03. The Morgan fingerprint density at radius 1 is 1.48 bits per heavy atom. The average Bonchev–Trinajstić information content (AvgIpc) is 2.97. The number of nitrogens with one attached hydrogen (secondary N) is 1. The number of carbonyl (C=O) groups is 2. The van der Waals surface area contributed by atoms with Crippen molar-refractivity contribution in [1.82, 2.24) is 9.78 Å². The fourth-order valence-electron chi connectivity index (χ4n) is 2.24. The van der Waals surface area contributed by atoms with E-state index in [2.05, 4.69) is 17.0 Å². The second-order valence-electron chi connectivity index (χ2n) is 5.49. The quantitative estimate of drug-likeness (QED) is 0.568. The maximum atomic E-state index is 12.2. The van der Waals surface area contributed by atoms with Crippen LogP contribution in [0.4, 0.5) is 5.69 Å². The van der Waals surface area contributed by atoms with Gasteiger partial charge < -0.3 is 15.2 Å². The zero-order valence-corrected chi connectivity index (χ0v) is 14.2. The second-order valence-corrected chi connectivity index (χ2v) is 5.49. The third-order valence-corrected chi connectivity index (χ3v) is 3.66. The van der Waals surface area contributed by atoms with E-state index in [1.165, 1.54) is 10.9 Å². The highest BCUT2D eigenvalue weighted by Crippen LogP contribution is 2.18. The number of amides is 1. The van der Waals surface area contributed by atoms with Gasteiger partial charge in [0.15, 0.2) is 0 Å². The summed E-state index contributed by atoms with van der Waals surface area (Å²) in [4.78, 5) is 23.3. The van der Waals surface area contributed by atoms with E-state index in [0.29, 0.717) is 30.1 Å². The minimum Gasteiger partial charge on any atom is -0.478 e. The highest BCUT2D eigenvalue weighted by Gasteiger charge is 2.16. The van der Waals surface area contributed by atoms with Crippen LogP contribution in [0.5, 0.6) is 0 Å². The van der Waals surface area contributed by atoms with Gasteiger partial charge in [0.05, 0.1) is 24.2 Å². The lowest BCUT2D eigenvalue weighted by atomic mass is 10.2. The summed E-state index contributed by atoms with van der Waals surface area (Å²) in [5.74, 6) is -1.29. The molecule has 2 rings (SSSR count). The van der Waals surface area contributed by atoms with Crippen molar-refractivity contribution in [3.05, 3.63) is 54.4 Å². The predicted octanol–water partition coefficient (Wildman–Crippen LogP) is 2.80. The number of aromatic carboxylic acids is 1. The topological polar surface area (TPSA) is 93.5 Å². The number of benzene rings is 1. The Labute approximate surface area is 145 Å². The molecule has 0 saturated heterocycles. The van der Waals surface area contributed by atoms with Gasteiger partial charge >= 0.3 is 5.97 Å². The van der Waals surface area contributed by atoms with Crippen LogP contribution in [0.1, 0.15) is 29.4 Å². The van der Waals surface area contributed by atoms with E-state index in [9.17, 15) is 9.59 Å². The molecule has 2 N–H and O–H groups in total. The van der Waals surface area contributed by atoms with Gasteiger partial charge in [-0.1, -0.05) is 12.1 Å². The average molecular weight is 343 g/mol. The van der Waals surface area contributed by atoms with Crippen LogP contribution < -0.4 is 5.32 Å². The van der Waals surface area contributed by atoms with E-state index in [0.717, 1.165) is 0 Å². The molecule has 0 bridgehead atoms. The minimum absolute atomic E-state index is 0.138. The molecule has 1 unspecified atom stereocenters. The van der Waals surface area contributed by atoms with Gasteiger partial charge in [-0.3, -0.25) is 4.79 Å². The van der Waals surface area contributed by atoms with Crippen LogP contribution in [0.25, 0.3) is 5.69 Å². The van der Waals surface area contributed by atoms with Crippen molar-refractivity contribution in [2.75, 3.05) is 11.9 Å². The van der Waals surface area contributed by atoms with Gasteiger partial charge in [-0.2, -0.15) is 5.10 Å². The SMILES string of the molecule is C=CCCOC(C)C(=O)Nc1cccc(-n2ncc(C(=O)O)c2C)c1. The number of carboxylic acid groups (broad SMARTS) is 1. The van der Waals surface area contributed by atoms with E-state index in [4.69, 9.17) is 9.84 Å². The summed E-state index contributed by atoms with van der Waals surface area (Å²) < 4.78 is 6.93. The van der Waals surface area contributed by atoms with Crippen LogP contribution in [0.3, 0.4) is 0 Å². The predicted molar refractivity (Wildman–Crippen MR) is 94.1 cm³/mol. The maximum absolute atomic E-state index is 12.2. The molecule has 2 aromatic rings. The molecule has 1 aromatic carbocycles. The van der Waals surface area contributed by atoms with Crippen molar-refractivity contribution in [1.29, 1.82) is 0 Å². The van der Waals surface area contributed by atoms with E-state index in [1.54, 1.807) is 44.2 Å². The van der Waals surface area contributed by atoms with Crippen molar-refractivity contribution in [3.63, 3.8) is 0 Å². The number of carbonyl (C=O) groups excluding carboxylic acids is 1. The van der Waals surface area contributed by atoms with Crippen LogP contribution in [-0.4, -0.2) is 39.5 Å². The molecule has 0 aliphatic heterocycles. The molecular weight excluding hydrogens is 322 g/mol. The lowest BCUT2D eigenvalue weighted by Gasteiger charge is -2.14. The molecule has 7 nitrogen and oxygen atoms in total. The van der Waals surface area contributed by atoms with Crippen LogP contribution in [-0.2, 0) is 9.53 Å². The Morgan fingerprint density at radius 2 is 2.24 bits per heavy atom. The first-order valence-corrected chi connectivity index (χ1v) is 7.85. The Morgan fingerprint density at radius 3 is 2.88 bits per heavy atom. The Bertz CT molecular complexity index is 782. The van der Waals surface area contributed by atoms with E-state index < -0.39 is 12.1 Å². The molecule has 1 aromatic heterocycles. The highest BCUT2D eigenvalue weighted by atomic mass is 16.5. The fraction of sp³-hybridized carbons (Fsp3) is 0.278. The molecule has 7 heteroatoms. The molecule has 0 spiro atoms. The van der Waals surface area contributed by atoms with Crippen LogP contribution in [0, 0.1) is 6.92 Å². The molecule has 0 fully saturated rings. The summed E-state index contributed by atoms with van der Waals surface area (Å²) in [5.41, 5.74) is 1.88. The number of rotatable bonds is 8. The van der Waals surface area contributed by atoms with Crippen molar-refractivity contribution >= 4 is 17.6 Å². The summed E-state index contributed by atoms with van der Waals surface area (Å²) in [7, 11) is 0. The summed E-state index contributed by atoms with van der Waals surface area (Å²) in [6, 6.07) is 7.01. The van der Waals surface area contributed by atoms with Crippen molar-refractivity contribution in [2.24, 2.45) is 0 Å². The molecule has 0 aliphatic rings. The maximum Gasteiger partial charge on any atom is 0.339 e. The zero-order valence-electron chi connectivity index (χ0n) is 14.2.